The summed E-state index contributed by atoms with van der Waals surface area (Å²) in [6.45, 7) is 4.23. The van der Waals surface area contributed by atoms with Crippen molar-refractivity contribution in [3.8, 4) is 0 Å². The lowest BCUT2D eigenvalue weighted by atomic mass is 9.95. The molecular formula is C16H29N5. The van der Waals surface area contributed by atoms with E-state index in [0.717, 1.165) is 19.0 Å². The maximum atomic E-state index is 6.11. The molecule has 118 valence electrons. The molecule has 2 aliphatic rings. The van der Waals surface area contributed by atoms with Gasteiger partial charge < -0.3 is 15.2 Å². The molecule has 0 radical (unpaired) electrons. The molecule has 0 aromatic carbocycles. The lowest BCUT2D eigenvalue weighted by Crippen LogP contribution is -2.42. The third-order valence-corrected chi connectivity index (χ3v) is 4.91. The Hall–Kier alpha value is -0.910. The number of aromatic nitrogens is 2. The molecule has 2 N–H and O–H groups in total. The summed E-state index contributed by atoms with van der Waals surface area (Å²) in [6.07, 6.45) is 9.19. The quantitative estimate of drug-likeness (QED) is 0.863. The molecule has 5 nitrogen and oxygen atoms in total. The van der Waals surface area contributed by atoms with Crippen LogP contribution in [0.2, 0.25) is 0 Å². The predicted octanol–water partition coefficient (Wildman–Crippen LogP) is 1.49. The number of likely N-dealkylation sites (tertiary alicyclic amines) is 1. The van der Waals surface area contributed by atoms with Gasteiger partial charge in [0.15, 0.2) is 0 Å². The van der Waals surface area contributed by atoms with E-state index in [2.05, 4.69) is 33.4 Å². The first-order chi connectivity index (χ1) is 10.2. The molecule has 1 aliphatic carbocycles. The van der Waals surface area contributed by atoms with E-state index in [9.17, 15) is 0 Å². The van der Waals surface area contributed by atoms with Crippen LogP contribution in [0.1, 0.15) is 43.5 Å². The van der Waals surface area contributed by atoms with Gasteiger partial charge in [0.05, 0.1) is 18.1 Å². The van der Waals surface area contributed by atoms with Crippen molar-refractivity contribution in [2.45, 2.75) is 37.8 Å². The lowest BCUT2D eigenvalue weighted by Gasteiger charge is -2.38. The van der Waals surface area contributed by atoms with Crippen LogP contribution in [0.3, 0.4) is 0 Å². The smallest absolute Gasteiger partial charge is 0.0951 e. The van der Waals surface area contributed by atoms with Gasteiger partial charge in [-0.3, -0.25) is 4.90 Å². The summed E-state index contributed by atoms with van der Waals surface area (Å²) in [6, 6.07) is 1.02. The third kappa shape index (κ3) is 3.47. The van der Waals surface area contributed by atoms with Gasteiger partial charge in [-0.1, -0.05) is 0 Å². The van der Waals surface area contributed by atoms with Gasteiger partial charge in [0.25, 0.3) is 0 Å². The van der Waals surface area contributed by atoms with E-state index in [1.165, 1.54) is 37.9 Å². The number of rotatable bonds is 6. The van der Waals surface area contributed by atoms with E-state index in [0.29, 0.717) is 18.6 Å². The Balaban J connectivity index is 1.63. The van der Waals surface area contributed by atoms with Gasteiger partial charge in [0, 0.05) is 25.3 Å². The molecule has 2 heterocycles. The summed E-state index contributed by atoms with van der Waals surface area (Å²) >= 11 is 0. The summed E-state index contributed by atoms with van der Waals surface area (Å²) < 4.78 is 2.36. The number of imidazole rings is 1. The molecular weight excluding hydrogens is 262 g/mol. The van der Waals surface area contributed by atoms with E-state index in [1.807, 2.05) is 12.5 Å². The molecule has 1 aromatic heterocycles. The molecule has 3 rings (SSSR count). The fourth-order valence-corrected chi connectivity index (χ4v) is 3.65. The van der Waals surface area contributed by atoms with E-state index >= 15 is 0 Å². The van der Waals surface area contributed by atoms with Crippen molar-refractivity contribution < 1.29 is 0 Å². The van der Waals surface area contributed by atoms with E-state index in [4.69, 9.17) is 5.73 Å². The molecule has 5 heteroatoms. The second-order valence-corrected chi connectivity index (χ2v) is 6.95. The van der Waals surface area contributed by atoms with E-state index in [-0.39, 0.29) is 0 Å². The van der Waals surface area contributed by atoms with Crippen LogP contribution in [0.25, 0.3) is 0 Å². The number of nitrogens with two attached hydrogens (primary N) is 1. The van der Waals surface area contributed by atoms with E-state index < -0.39 is 0 Å². The summed E-state index contributed by atoms with van der Waals surface area (Å²) in [5.41, 5.74) is 7.43. The highest BCUT2D eigenvalue weighted by molar-refractivity contribution is 5.10. The van der Waals surface area contributed by atoms with Crippen LogP contribution < -0.4 is 5.73 Å². The monoisotopic (exact) mass is 291 g/mol. The predicted molar refractivity (Wildman–Crippen MR) is 85.1 cm³/mol. The number of piperidine rings is 1. The highest BCUT2D eigenvalue weighted by Gasteiger charge is 2.31. The molecule has 0 bridgehead atoms. The normalized spacial score (nSPS) is 22.9. The largest absolute Gasteiger partial charge is 0.330 e. The molecule has 0 spiro atoms. The highest BCUT2D eigenvalue weighted by atomic mass is 15.2. The zero-order chi connectivity index (χ0) is 14.8. The van der Waals surface area contributed by atoms with Gasteiger partial charge in [0.2, 0.25) is 0 Å². The fourth-order valence-electron chi connectivity index (χ4n) is 3.65. The zero-order valence-corrected chi connectivity index (χ0v) is 13.4. The SMILES string of the molecule is CN(C)CC1CCN(C(CN)c2cncn2C2CC2)CC1. The van der Waals surface area contributed by atoms with Crippen molar-refractivity contribution in [2.24, 2.45) is 11.7 Å². The Labute approximate surface area is 128 Å². The molecule has 1 saturated heterocycles. The van der Waals surface area contributed by atoms with Crippen molar-refractivity contribution in [3.63, 3.8) is 0 Å². The maximum Gasteiger partial charge on any atom is 0.0951 e. The molecule has 1 aliphatic heterocycles. The van der Waals surface area contributed by atoms with Crippen LogP contribution in [0, 0.1) is 5.92 Å². The second kappa shape index (κ2) is 6.46. The topological polar surface area (TPSA) is 50.3 Å². The van der Waals surface area contributed by atoms with Crippen molar-refractivity contribution in [1.82, 2.24) is 19.4 Å². The summed E-state index contributed by atoms with van der Waals surface area (Å²) in [4.78, 5) is 9.26. The average molecular weight is 291 g/mol. The van der Waals surface area contributed by atoms with Crippen molar-refractivity contribution in [3.05, 3.63) is 18.2 Å². The summed E-state index contributed by atoms with van der Waals surface area (Å²) in [7, 11) is 4.34. The molecule has 21 heavy (non-hydrogen) atoms. The van der Waals surface area contributed by atoms with Crippen LogP contribution in [0.4, 0.5) is 0 Å². The Kier molecular flexibility index (Phi) is 4.62. The summed E-state index contributed by atoms with van der Waals surface area (Å²) in [5.74, 6) is 0.836. The van der Waals surface area contributed by atoms with Gasteiger partial charge in [-0.15, -0.1) is 0 Å². The van der Waals surface area contributed by atoms with Gasteiger partial charge >= 0.3 is 0 Å². The Morgan fingerprint density at radius 2 is 2.00 bits per heavy atom. The highest BCUT2D eigenvalue weighted by Crippen LogP contribution is 2.38. The molecule has 0 amide bonds. The first-order valence-electron chi connectivity index (χ1n) is 8.29. The van der Waals surface area contributed by atoms with Crippen LogP contribution >= 0.6 is 0 Å². The third-order valence-electron chi connectivity index (χ3n) is 4.91. The van der Waals surface area contributed by atoms with Crippen LogP contribution in [0.5, 0.6) is 0 Å². The average Bonchev–Trinajstić information content (AvgIpc) is 3.20. The van der Waals surface area contributed by atoms with Gasteiger partial charge in [-0.05, 0) is 58.8 Å². The first kappa shape index (κ1) is 15.0. The lowest BCUT2D eigenvalue weighted by molar-refractivity contribution is 0.119. The molecule has 1 unspecified atom stereocenters. The second-order valence-electron chi connectivity index (χ2n) is 6.95. The van der Waals surface area contributed by atoms with Crippen molar-refractivity contribution in [1.29, 1.82) is 0 Å². The molecule has 2 fully saturated rings. The van der Waals surface area contributed by atoms with Crippen molar-refractivity contribution >= 4 is 0 Å². The molecule has 1 aromatic rings. The first-order valence-corrected chi connectivity index (χ1v) is 8.29. The summed E-state index contributed by atoms with van der Waals surface area (Å²) in [5, 5.41) is 0. The van der Waals surface area contributed by atoms with E-state index in [1.54, 1.807) is 0 Å². The molecule has 1 atom stereocenters. The minimum Gasteiger partial charge on any atom is -0.330 e. The number of nitrogens with zero attached hydrogens (tertiary/aromatic N) is 4. The zero-order valence-electron chi connectivity index (χ0n) is 13.4. The minimum atomic E-state index is 0.341. The van der Waals surface area contributed by atoms with Crippen LogP contribution in [-0.4, -0.2) is 59.6 Å². The maximum absolute atomic E-state index is 6.11. The van der Waals surface area contributed by atoms with Gasteiger partial charge in [-0.25, -0.2) is 4.98 Å². The number of hydrogen-bond donors (Lipinski definition) is 1. The fraction of sp³-hybridized carbons (Fsp3) is 0.812. The molecule has 1 saturated carbocycles. The van der Waals surface area contributed by atoms with Crippen LogP contribution in [0.15, 0.2) is 12.5 Å². The van der Waals surface area contributed by atoms with Gasteiger partial charge in [0.1, 0.15) is 0 Å². The minimum absolute atomic E-state index is 0.341. The Bertz CT molecular complexity index is 443. The van der Waals surface area contributed by atoms with Gasteiger partial charge in [-0.2, -0.15) is 0 Å². The Morgan fingerprint density at radius 1 is 1.29 bits per heavy atom. The number of hydrogen-bond acceptors (Lipinski definition) is 4. The standard InChI is InChI=1S/C16H29N5/c1-19(2)11-13-5-7-20(8-6-13)15(9-17)16-10-18-12-21(16)14-3-4-14/h10,12-15H,3-9,11,17H2,1-2H3. The van der Waals surface area contributed by atoms with Crippen LogP contribution in [-0.2, 0) is 0 Å². The van der Waals surface area contributed by atoms with Crippen molar-refractivity contribution in [2.75, 3.05) is 40.3 Å². The Morgan fingerprint density at radius 3 is 2.57 bits per heavy atom.